The molecule has 0 spiro atoms. The summed E-state index contributed by atoms with van der Waals surface area (Å²) in [6, 6.07) is -1.02. The number of Topliss-reactive ketones (excluding diaryl/α,β-unsaturated/α-hetero) is 1. The zero-order chi connectivity index (χ0) is 11.1. The second-order valence-corrected chi connectivity index (χ2v) is 3.25. The van der Waals surface area contributed by atoms with E-state index in [-0.39, 0.29) is 11.7 Å². The fourth-order valence-corrected chi connectivity index (χ4v) is 0.999. The lowest BCUT2D eigenvalue weighted by Gasteiger charge is -2.11. The SMILES string of the molecule is C[C@H](N)C(=O)[C@H](N)CCCN=C(N)N. The summed E-state index contributed by atoms with van der Waals surface area (Å²) in [5.74, 6) is -0.0770. The number of nitrogens with zero attached hydrogens (tertiary/aromatic N) is 1. The summed E-state index contributed by atoms with van der Waals surface area (Å²) >= 11 is 0. The lowest BCUT2D eigenvalue weighted by atomic mass is 10.0. The highest BCUT2D eigenvalue weighted by Gasteiger charge is 2.16. The van der Waals surface area contributed by atoms with Gasteiger partial charge in [0.15, 0.2) is 11.7 Å². The number of nitrogens with two attached hydrogens (primary N) is 4. The van der Waals surface area contributed by atoms with E-state index in [4.69, 9.17) is 22.9 Å². The van der Waals surface area contributed by atoms with Gasteiger partial charge in [0.2, 0.25) is 0 Å². The zero-order valence-electron chi connectivity index (χ0n) is 8.44. The fourth-order valence-electron chi connectivity index (χ4n) is 0.999. The van der Waals surface area contributed by atoms with Crippen molar-refractivity contribution < 1.29 is 4.79 Å². The van der Waals surface area contributed by atoms with E-state index in [1.165, 1.54) is 0 Å². The molecule has 0 aliphatic heterocycles. The van der Waals surface area contributed by atoms with Crippen molar-refractivity contribution in [2.45, 2.75) is 31.8 Å². The van der Waals surface area contributed by atoms with Gasteiger partial charge in [-0.1, -0.05) is 0 Å². The monoisotopic (exact) mass is 201 g/mol. The summed E-state index contributed by atoms with van der Waals surface area (Å²) in [5.41, 5.74) is 21.2. The van der Waals surface area contributed by atoms with Gasteiger partial charge in [-0.3, -0.25) is 9.79 Å². The molecule has 0 bridgehead atoms. The van der Waals surface area contributed by atoms with E-state index in [0.29, 0.717) is 19.4 Å². The van der Waals surface area contributed by atoms with E-state index in [1.54, 1.807) is 6.92 Å². The molecule has 6 nitrogen and oxygen atoms in total. The van der Waals surface area contributed by atoms with Crippen molar-refractivity contribution in [1.82, 2.24) is 0 Å². The Kier molecular flexibility index (Phi) is 5.82. The molecule has 8 N–H and O–H groups in total. The van der Waals surface area contributed by atoms with Crippen LogP contribution in [0.4, 0.5) is 0 Å². The van der Waals surface area contributed by atoms with Gasteiger partial charge in [-0.25, -0.2) is 0 Å². The van der Waals surface area contributed by atoms with Crippen LogP contribution in [0.15, 0.2) is 4.99 Å². The summed E-state index contributed by atoms with van der Waals surface area (Å²) < 4.78 is 0. The predicted octanol–water partition coefficient (Wildman–Crippen LogP) is -1.72. The quantitative estimate of drug-likeness (QED) is 0.230. The second kappa shape index (κ2) is 6.33. The van der Waals surface area contributed by atoms with Crippen molar-refractivity contribution in [1.29, 1.82) is 0 Å². The van der Waals surface area contributed by atoms with Crippen molar-refractivity contribution >= 4 is 11.7 Å². The Morgan fingerprint density at radius 2 is 1.93 bits per heavy atom. The highest BCUT2D eigenvalue weighted by atomic mass is 16.1. The molecule has 0 heterocycles. The average molecular weight is 201 g/mol. The molecule has 0 fully saturated rings. The first-order valence-electron chi connectivity index (χ1n) is 4.55. The maximum Gasteiger partial charge on any atom is 0.185 e. The van der Waals surface area contributed by atoms with Gasteiger partial charge < -0.3 is 22.9 Å². The number of aliphatic imine (C=N–C) groups is 1. The Morgan fingerprint density at radius 1 is 1.36 bits per heavy atom. The van der Waals surface area contributed by atoms with Crippen LogP contribution in [-0.2, 0) is 4.79 Å². The normalized spacial score (nSPS) is 14.5. The summed E-state index contributed by atoms with van der Waals surface area (Å²) in [6.07, 6.45) is 1.23. The molecule has 0 aliphatic carbocycles. The van der Waals surface area contributed by atoms with Crippen LogP contribution in [0.5, 0.6) is 0 Å². The van der Waals surface area contributed by atoms with Gasteiger partial charge in [0.1, 0.15) is 0 Å². The molecule has 0 saturated heterocycles. The smallest absolute Gasteiger partial charge is 0.185 e. The van der Waals surface area contributed by atoms with E-state index < -0.39 is 12.1 Å². The maximum atomic E-state index is 11.2. The van der Waals surface area contributed by atoms with Gasteiger partial charge in [0.25, 0.3) is 0 Å². The number of ketones is 1. The molecule has 6 heteroatoms. The third-order valence-electron chi connectivity index (χ3n) is 1.78. The number of rotatable bonds is 6. The molecule has 0 unspecified atom stereocenters. The third kappa shape index (κ3) is 5.50. The van der Waals surface area contributed by atoms with E-state index in [1.807, 2.05) is 0 Å². The molecule has 0 aromatic carbocycles. The molecule has 0 aromatic rings. The number of carbonyl (C=O) groups excluding carboxylic acids is 1. The number of hydrogen-bond acceptors (Lipinski definition) is 4. The number of hydrogen-bond donors (Lipinski definition) is 4. The van der Waals surface area contributed by atoms with Crippen LogP contribution >= 0.6 is 0 Å². The van der Waals surface area contributed by atoms with Gasteiger partial charge in [0, 0.05) is 6.54 Å². The lowest BCUT2D eigenvalue weighted by Crippen LogP contribution is -2.41. The molecule has 14 heavy (non-hydrogen) atoms. The minimum absolute atomic E-state index is 0.0529. The molecule has 0 aromatic heterocycles. The topological polar surface area (TPSA) is 134 Å². The highest BCUT2D eigenvalue weighted by Crippen LogP contribution is 1.98. The summed E-state index contributed by atoms with van der Waals surface area (Å²) in [4.78, 5) is 15.0. The minimum atomic E-state index is -0.510. The molecule has 0 aliphatic rings. The second-order valence-electron chi connectivity index (χ2n) is 3.25. The first-order valence-corrected chi connectivity index (χ1v) is 4.55. The van der Waals surface area contributed by atoms with E-state index in [2.05, 4.69) is 4.99 Å². The molecule has 0 saturated carbocycles. The molecule has 82 valence electrons. The van der Waals surface area contributed by atoms with Crippen LogP contribution in [0.3, 0.4) is 0 Å². The van der Waals surface area contributed by atoms with Crippen molar-refractivity contribution in [3.8, 4) is 0 Å². The molecular formula is C8H19N5O. The molecule has 0 rings (SSSR count). The number of carbonyl (C=O) groups is 1. The van der Waals surface area contributed by atoms with Crippen LogP contribution in [0, 0.1) is 0 Å². The summed E-state index contributed by atoms with van der Waals surface area (Å²) in [7, 11) is 0. The first kappa shape index (κ1) is 12.9. The van der Waals surface area contributed by atoms with E-state index >= 15 is 0 Å². The Balaban J connectivity index is 3.69. The Hall–Kier alpha value is -1.14. The summed E-state index contributed by atoms with van der Waals surface area (Å²) in [5, 5.41) is 0. The van der Waals surface area contributed by atoms with Crippen molar-refractivity contribution in [3.05, 3.63) is 0 Å². The molecule has 0 radical (unpaired) electrons. The number of guanidine groups is 1. The lowest BCUT2D eigenvalue weighted by molar-refractivity contribution is -0.121. The van der Waals surface area contributed by atoms with Crippen molar-refractivity contribution in [3.63, 3.8) is 0 Å². The Morgan fingerprint density at radius 3 is 2.36 bits per heavy atom. The van der Waals surface area contributed by atoms with Crippen molar-refractivity contribution in [2.75, 3.05) is 6.54 Å². The molecular weight excluding hydrogens is 182 g/mol. The van der Waals surface area contributed by atoms with Crippen LogP contribution in [-0.4, -0.2) is 30.4 Å². The first-order chi connectivity index (χ1) is 6.45. The van der Waals surface area contributed by atoms with Gasteiger partial charge in [0.05, 0.1) is 12.1 Å². The maximum absolute atomic E-state index is 11.2. The van der Waals surface area contributed by atoms with Gasteiger partial charge in [-0.05, 0) is 19.8 Å². The Bertz CT molecular complexity index is 210. The fraction of sp³-hybridized carbons (Fsp3) is 0.750. The highest BCUT2D eigenvalue weighted by molar-refractivity contribution is 5.88. The van der Waals surface area contributed by atoms with Crippen LogP contribution < -0.4 is 22.9 Å². The Labute approximate surface area is 83.7 Å². The molecule has 2 atom stereocenters. The van der Waals surface area contributed by atoms with Gasteiger partial charge >= 0.3 is 0 Å². The largest absolute Gasteiger partial charge is 0.370 e. The minimum Gasteiger partial charge on any atom is -0.370 e. The van der Waals surface area contributed by atoms with Crippen LogP contribution in [0.2, 0.25) is 0 Å². The van der Waals surface area contributed by atoms with Gasteiger partial charge in [-0.15, -0.1) is 0 Å². The zero-order valence-corrected chi connectivity index (χ0v) is 8.44. The predicted molar refractivity (Wildman–Crippen MR) is 56.5 cm³/mol. The summed E-state index contributed by atoms with van der Waals surface area (Å²) in [6.45, 7) is 2.11. The van der Waals surface area contributed by atoms with Crippen LogP contribution in [0.25, 0.3) is 0 Å². The van der Waals surface area contributed by atoms with E-state index in [0.717, 1.165) is 0 Å². The van der Waals surface area contributed by atoms with Crippen molar-refractivity contribution in [2.24, 2.45) is 27.9 Å². The van der Waals surface area contributed by atoms with E-state index in [9.17, 15) is 4.79 Å². The van der Waals surface area contributed by atoms with Gasteiger partial charge in [-0.2, -0.15) is 0 Å². The van der Waals surface area contributed by atoms with Crippen LogP contribution in [0.1, 0.15) is 19.8 Å². The third-order valence-corrected chi connectivity index (χ3v) is 1.78. The standard InChI is InChI=1S/C8H19N5O/c1-5(9)7(14)6(10)3-2-4-13-8(11)12/h5-6H,2-4,9-10H2,1H3,(H4,11,12,13)/t5-,6+/m0/s1. The average Bonchev–Trinajstić information content (AvgIpc) is 2.10. The molecule has 0 amide bonds.